The lowest BCUT2D eigenvalue weighted by Crippen LogP contribution is -2.05. The number of rotatable bonds is 4. The van der Waals surface area contributed by atoms with Crippen LogP contribution < -0.4 is 10.1 Å². The van der Waals surface area contributed by atoms with Gasteiger partial charge in [0.05, 0.1) is 9.13 Å². The second kappa shape index (κ2) is 6.55. The van der Waals surface area contributed by atoms with E-state index in [4.69, 9.17) is 4.74 Å². The average Bonchev–Trinajstić information content (AvgIpc) is 2.43. The van der Waals surface area contributed by atoms with E-state index in [0.717, 1.165) is 21.4 Å². The molecule has 0 aliphatic rings. The van der Waals surface area contributed by atoms with Crippen LogP contribution in [0.25, 0.3) is 0 Å². The molecule has 0 spiro atoms. The lowest BCUT2D eigenvalue weighted by molar-refractivity contribution is 0.477. The molecule has 1 N–H and O–H groups in total. The highest BCUT2D eigenvalue weighted by atomic mass is 127. The number of nitrogens with one attached hydrogen (secondary N) is 1. The van der Waals surface area contributed by atoms with Gasteiger partial charge in [0.1, 0.15) is 17.6 Å². The molecule has 0 atom stereocenters. The quantitative estimate of drug-likeness (QED) is 0.842. The zero-order chi connectivity index (χ0) is 13.7. The molecule has 0 saturated heterocycles. The van der Waals surface area contributed by atoms with E-state index < -0.39 is 0 Å². The van der Waals surface area contributed by atoms with Crippen molar-refractivity contribution in [3.05, 3.63) is 57.2 Å². The van der Waals surface area contributed by atoms with E-state index in [1.54, 1.807) is 0 Å². The predicted octanol–water partition coefficient (Wildman–Crippen LogP) is 3.67. The van der Waals surface area contributed by atoms with Gasteiger partial charge >= 0.3 is 0 Å². The van der Waals surface area contributed by atoms with Crippen LogP contribution in [0.4, 0.5) is 0 Å². The Morgan fingerprint density at radius 2 is 2.00 bits per heavy atom. The summed E-state index contributed by atoms with van der Waals surface area (Å²) in [6, 6.07) is 15.6. The first kappa shape index (κ1) is 13.8. The molecular formula is C15H13IN2O. The molecule has 0 amide bonds. The van der Waals surface area contributed by atoms with E-state index in [2.05, 4.69) is 34.0 Å². The van der Waals surface area contributed by atoms with Crippen molar-refractivity contribution in [3.8, 4) is 17.6 Å². The predicted molar refractivity (Wildman–Crippen MR) is 83.2 cm³/mol. The highest BCUT2D eigenvalue weighted by Crippen LogP contribution is 2.29. The Hall–Kier alpha value is -1.58. The van der Waals surface area contributed by atoms with Crippen LogP contribution in [-0.2, 0) is 6.54 Å². The minimum atomic E-state index is 0.549. The van der Waals surface area contributed by atoms with Gasteiger partial charge in [-0.1, -0.05) is 18.2 Å². The molecule has 0 aliphatic heterocycles. The van der Waals surface area contributed by atoms with Gasteiger partial charge in [0.15, 0.2) is 0 Å². The third-order valence-corrected chi connectivity index (χ3v) is 3.49. The van der Waals surface area contributed by atoms with Crippen LogP contribution in [0, 0.1) is 14.9 Å². The van der Waals surface area contributed by atoms with Gasteiger partial charge in [-0.25, -0.2) is 0 Å². The number of para-hydroxylation sites is 1. The molecule has 0 radical (unpaired) electrons. The monoisotopic (exact) mass is 364 g/mol. The number of ether oxygens (including phenoxy) is 1. The summed E-state index contributed by atoms with van der Waals surface area (Å²) in [5.74, 6) is 1.35. The summed E-state index contributed by atoms with van der Waals surface area (Å²) in [6.45, 7) is 0.734. The summed E-state index contributed by atoms with van der Waals surface area (Å²) in [5, 5.41) is 12.3. The molecule has 3 nitrogen and oxygen atoms in total. The van der Waals surface area contributed by atoms with Gasteiger partial charge in [-0.15, -0.1) is 0 Å². The summed E-state index contributed by atoms with van der Waals surface area (Å²) in [6.07, 6.45) is 0. The van der Waals surface area contributed by atoms with Crippen LogP contribution >= 0.6 is 22.6 Å². The van der Waals surface area contributed by atoms with Crippen molar-refractivity contribution >= 4 is 22.6 Å². The summed E-state index contributed by atoms with van der Waals surface area (Å²) >= 11 is 2.21. The largest absolute Gasteiger partial charge is 0.455 e. The molecule has 2 rings (SSSR count). The lowest BCUT2D eigenvalue weighted by atomic mass is 10.1. The Balaban J connectivity index is 2.31. The van der Waals surface area contributed by atoms with Crippen molar-refractivity contribution < 1.29 is 4.74 Å². The molecule has 19 heavy (non-hydrogen) atoms. The van der Waals surface area contributed by atoms with Gasteiger partial charge in [-0.2, -0.15) is 5.26 Å². The van der Waals surface area contributed by atoms with Crippen LogP contribution in [0.1, 0.15) is 11.1 Å². The molecule has 2 aromatic rings. The van der Waals surface area contributed by atoms with Crippen LogP contribution in [0.2, 0.25) is 0 Å². The molecule has 0 saturated carbocycles. The second-order valence-corrected chi connectivity index (χ2v) is 5.17. The minimum absolute atomic E-state index is 0.549. The standard InChI is InChI=1S/C15H13IN2O/c1-18-10-11-6-7-14(12(8-11)9-17)19-15-5-3-2-4-13(15)16/h2-8,18H,10H2,1H3. The molecule has 2 aromatic carbocycles. The van der Waals surface area contributed by atoms with Gasteiger partial charge in [0, 0.05) is 6.54 Å². The van der Waals surface area contributed by atoms with Crippen molar-refractivity contribution in [2.45, 2.75) is 6.54 Å². The maximum atomic E-state index is 9.21. The van der Waals surface area contributed by atoms with Gasteiger partial charge in [-0.05, 0) is 59.5 Å². The van der Waals surface area contributed by atoms with E-state index >= 15 is 0 Å². The molecule has 4 heteroatoms. The maximum Gasteiger partial charge on any atom is 0.145 e. The highest BCUT2D eigenvalue weighted by Gasteiger charge is 2.07. The second-order valence-electron chi connectivity index (χ2n) is 4.01. The molecule has 0 fully saturated rings. The Kier molecular flexibility index (Phi) is 4.77. The number of nitrogens with zero attached hydrogens (tertiary/aromatic N) is 1. The Morgan fingerprint density at radius 1 is 1.21 bits per heavy atom. The Morgan fingerprint density at radius 3 is 2.68 bits per heavy atom. The SMILES string of the molecule is CNCc1ccc(Oc2ccccc2I)c(C#N)c1. The molecular weight excluding hydrogens is 351 g/mol. The highest BCUT2D eigenvalue weighted by molar-refractivity contribution is 14.1. The van der Waals surface area contributed by atoms with Gasteiger partial charge in [-0.3, -0.25) is 0 Å². The summed E-state index contributed by atoms with van der Waals surface area (Å²) < 4.78 is 6.83. The van der Waals surface area contributed by atoms with Crippen molar-refractivity contribution in [2.75, 3.05) is 7.05 Å². The number of hydrogen-bond acceptors (Lipinski definition) is 3. The van der Waals surface area contributed by atoms with Crippen LogP contribution in [0.15, 0.2) is 42.5 Å². The van der Waals surface area contributed by atoms with Crippen LogP contribution in [0.5, 0.6) is 11.5 Å². The zero-order valence-corrected chi connectivity index (χ0v) is 12.6. The first-order chi connectivity index (χ1) is 9.24. The number of nitriles is 1. The van der Waals surface area contributed by atoms with Gasteiger partial charge < -0.3 is 10.1 Å². The topological polar surface area (TPSA) is 45.0 Å². The maximum absolute atomic E-state index is 9.21. The minimum Gasteiger partial charge on any atom is -0.455 e. The van der Waals surface area contributed by atoms with E-state index in [-0.39, 0.29) is 0 Å². The fourth-order valence-electron chi connectivity index (χ4n) is 1.71. The number of benzene rings is 2. The molecule has 0 aliphatic carbocycles. The van der Waals surface area contributed by atoms with Crippen molar-refractivity contribution in [2.24, 2.45) is 0 Å². The average molecular weight is 364 g/mol. The van der Waals surface area contributed by atoms with Gasteiger partial charge in [0.2, 0.25) is 0 Å². The third-order valence-electron chi connectivity index (χ3n) is 2.60. The molecule has 96 valence electrons. The normalized spacial score (nSPS) is 9.95. The van der Waals surface area contributed by atoms with Gasteiger partial charge in [0.25, 0.3) is 0 Å². The number of halogens is 1. The van der Waals surface area contributed by atoms with Crippen molar-refractivity contribution in [1.82, 2.24) is 5.32 Å². The smallest absolute Gasteiger partial charge is 0.145 e. The van der Waals surface area contributed by atoms with E-state index in [9.17, 15) is 5.26 Å². The molecule has 0 bridgehead atoms. The molecule has 0 unspecified atom stereocenters. The van der Waals surface area contributed by atoms with Crippen molar-refractivity contribution in [1.29, 1.82) is 5.26 Å². The summed E-state index contributed by atoms with van der Waals surface area (Å²) in [7, 11) is 1.88. The Labute approximate surface area is 126 Å². The van der Waals surface area contributed by atoms with E-state index in [1.807, 2.05) is 49.5 Å². The Bertz CT molecular complexity index is 620. The zero-order valence-electron chi connectivity index (χ0n) is 10.5. The third kappa shape index (κ3) is 3.46. The fourth-order valence-corrected chi connectivity index (χ4v) is 2.21. The van der Waals surface area contributed by atoms with Crippen LogP contribution in [-0.4, -0.2) is 7.05 Å². The van der Waals surface area contributed by atoms with E-state index in [1.165, 1.54) is 0 Å². The van der Waals surface area contributed by atoms with Crippen LogP contribution in [0.3, 0.4) is 0 Å². The molecule has 0 heterocycles. The first-order valence-electron chi connectivity index (χ1n) is 5.84. The lowest BCUT2D eigenvalue weighted by Gasteiger charge is -2.10. The fraction of sp³-hybridized carbons (Fsp3) is 0.133. The van der Waals surface area contributed by atoms with E-state index in [0.29, 0.717) is 11.3 Å². The summed E-state index contributed by atoms with van der Waals surface area (Å²) in [5.41, 5.74) is 1.61. The molecule has 0 aromatic heterocycles. The summed E-state index contributed by atoms with van der Waals surface area (Å²) in [4.78, 5) is 0. The van der Waals surface area contributed by atoms with Crippen molar-refractivity contribution in [3.63, 3.8) is 0 Å². The number of hydrogen-bond donors (Lipinski definition) is 1. The first-order valence-corrected chi connectivity index (χ1v) is 6.92.